The Labute approximate surface area is 114 Å². The molecular weight excluding hydrogens is 236 g/mol. The number of amides is 1. The zero-order valence-electron chi connectivity index (χ0n) is 11.6. The highest BCUT2D eigenvalue weighted by atomic mass is 16.2. The maximum absolute atomic E-state index is 12.6. The second kappa shape index (κ2) is 4.64. The summed E-state index contributed by atoms with van der Waals surface area (Å²) in [6.45, 7) is 3.51. The van der Waals surface area contributed by atoms with Crippen LogP contribution in [0.3, 0.4) is 0 Å². The molecule has 1 heterocycles. The minimum Gasteiger partial charge on any atom is -0.340 e. The third-order valence-corrected chi connectivity index (χ3v) is 4.59. The number of nitrogens with zero attached hydrogens (tertiary/aromatic N) is 1. The third-order valence-electron chi connectivity index (χ3n) is 4.59. The topological polar surface area (TPSA) is 46.3 Å². The Hall–Kier alpha value is -1.35. The summed E-state index contributed by atoms with van der Waals surface area (Å²) in [5.74, 6) is 0.536. The quantitative estimate of drug-likeness (QED) is 0.878. The summed E-state index contributed by atoms with van der Waals surface area (Å²) in [5, 5.41) is 0. The highest BCUT2D eigenvalue weighted by Crippen LogP contribution is 2.39. The van der Waals surface area contributed by atoms with Crippen LogP contribution in [0.4, 0.5) is 0 Å². The molecule has 1 amide bonds. The number of fused-ring (bicyclic) bond motifs is 1. The predicted molar refractivity (Wildman–Crippen MR) is 75.7 cm³/mol. The van der Waals surface area contributed by atoms with Gasteiger partial charge in [0.1, 0.15) is 0 Å². The molecule has 3 rings (SSSR count). The van der Waals surface area contributed by atoms with Crippen LogP contribution < -0.4 is 5.73 Å². The zero-order chi connectivity index (χ0) is 13.5. The van der Waals surface area contributed by atoms with Crippen LogP contribution in [-0.2, 0) is 17.6 Å². The number of nitrogens with two attached hydrogens (primary N) is 1. The monoisotopic (exact) mass is 258 g/mol. The van der Waals surface area contributed by atoms with Crippen molar-refractivity contribution in [3.8, 4) is 0 Å². The van der Waals surface area contributed by atoms with Gasteiger partial charge in [0, 0.05) is 13.1 Å². The molecule has 1 aromatic carbocycles. The van der Waals surface area contributed by atoms with Crippen LogP contribution in [0.1, 0.15) is 30.9 Å². The number of carbonyl (C=O) groups is 1. The molecule has 1 atom stereocenters. The first-order valence-corrected chi connectivity index (χ1v) is 7.24. The fourth-order valence-electron chi connectivity index (χ4n) is 3.07. The number of benzene rings is 1. The Morgan fingerprint density at radius 2 is 1.74 bits per heavy atom. The van der Waals surface area contributed by atoms with Crippen molar-refractivity contribution in [2.24, 2.45) is 11.7 Å². The van der Waals surface area contributed by atoms with Gasteiger partial charge in [-0.15, -0.1) is 0 Å². The summed E-state index contributed by atoms with van der Waals surface area (Å²) in [6.07, 6.45) is 4.10. The van der Waals surface area contributed by atoms with E-state index in [1.54, 1.807) is 0 Å². The van der Waals surface area contributed by atoms with Crippen molar-refractivity contribution in [3.63, 3.8) is 0 Å². The van der Waals surface area contributed by atoms with E-state index in [2.05, 4.69) is 24.3 Å². The molecular formula is C16H22N2O. The van der Waals surface area contributed by atoms with Gasteiger partial charge in [-0.2, -0.15) is 0 Å². The maximum atomic E-state index is 12.6. The fourth-order valence-corrected chi connectivity index (χ4v) is 3.07. The molecule has 19 heavy (non-hydrogen) atoms. The molecule has 2 aliphatic rings. The summed E-state index contributed by atoms with van der Waals surface area (Å²) in [6, 6.07) is 8.50. The molecule has 1 aromatic rings. The minimum atomic E-state index is -0.656. The molecule has 0 saturated heterocycles. The van der Waals surface area contributed by atoms with Crippen LogP contribution in [0.2, 0.25) is 0 Å². The van der Waals surface area contributed by atoms with E-state index in [-0.39, 0.29) is 5.91 Å². The molecule has 1 aliphatic carbocycles. The molecule has 1 saturated carbocycles. The zero-order valence-corrected chi connectivity index (χ0v) is 11.6. The Kier molecular flexibility index (Phi) is 3.09. The predicted octanol–water partition coefficient (Wildman–Crippen LogP) is 1.74. The summed E-state index contributed by atoms with van der Waals surface area (Å²) in [5.41, 5.74) is 8.36. The molecule has 3 nitrogen and oxygen atoms in total. The first-order chi connectivity index (χ1) is 9.09. The molecule has 0 bridgehead atoms. The normalized spacial score (nSPS) is 22.3. The Bertz CT molecular complexity index is 464. The van der Waals surface area contributed by atoms with Crippen molar-refractivity contribution in [2.75, 3.05) is 13.1 Å². The average Bonchev–Trinajstić information content (AvgIpc) is 3.24. The van der Waals surface area contributed by atoms with Gasteiger partial charge in [-0.3, -0.25) is 4.79 Å². The van der Waals surface area contributed by atoms with E-state index in [1.165, 1.54) is 11.1 Å². The lowest BCUT2D eigenvalue weighted by atomic mass is 9.95. The van der Waals surface area contributed by atoms with Gasteiger partial charge in [0.05, 0.1) is 5.54 Å². The third kappa shape index (κ3) is 2.39. The molecule has 0 spiro atoms. The summed E-state index contributed by atoms with van der Waals surface area (Å²) in [4.78, 5) is 14.6. The summed E-state index contributed by atoms with van der Waals surface area (Å²) >= 11 is 0. The molecule has 0 radical (unpaired) electrons. The van der Waals surface area contributed by atoms with Gasteiger partial charge in [-0.05, 0) is 49.7 Å². The molecule has 0 aromatic heterocycles. The Balaban J connectivity index is 1.73. The average molecular weight is 258 g/mol. The van der Waals surface area contributed by atoms with E-state index in [4.69, 9.17) is 5.73 Å². The van der Waals surface area contributed by atoms with E-state index in [0.29, 0.717) is 5.92 Å². The van der Waals surface area contributed by atoms with E-state index in [1.807, 2.05) is 11.8 Å². The van der Waals surface area contributed by atoms with E-state index >= 15 is 0 Å². The van der Waals surface area contributed by atoms with Gasteiger partial charge in [-0.1, -0.05) is 24.3 Å². The second-order valence-corrected chi connectivity index (χ2v) is 6.12. The smallest absolute Gasteiger partial charge is 0.242 e. The maximum Gasteiger partial charge on any atom is 0.242 e. The lowest BCUT2D eigenvalue weighted by Crippen LogP contribution is -2.55. The molecule has 1 unspecified atom stereocenters. The number of hydrogen-bond donors (Lipinski definition) is 1. The standard InChI is InChI=1S/C16H22N2O/c1-16(17,14-6-7-14)15(19)18-10-8-12-4-2-3-5-13(12)9-11-18/h2-5,14H,6-11,17H2,1H3. The first-order valence-electron chi connectivity index (χ1n) is 7.24. The number of hydrogen-bond acceptors (Lipinski definition) is 2. The van der Waals surface area contributed by atoms with Gasteiger partial charge in [0.2, 0.25) is 5.91 Å². The van der Waals surface area contributed by atoms with Crippen molar-refractivity contribution >= 4 is 5.91 Å². The van der Waals surface area contributed by atoms with Crippen molar-refractivity contribution in [3.05, 3.63) is 35.4 Å². The molecule has 102 valence electrons. The molecule has 2 N–H and O–H groups in total. The lowest BCUT2D eigenvalue weighted by Gasteiger charge is -2.31. The van der Waals surface area contributed by atoms with Gasteiger partial charge in [0.25, 0.3) is 0 Å². The van der Waals surface area contributed by atoms with Crippen LogP contribution in [0.25, 0.3) is 0 Å². The minimum absolute atomic E-state index is 0.141. The van der Waals surface area contributed by atoms with Crippen molar-refractivity contribution in [1.82, 2.24) is 4.90 Å². The van der Waals surface area contributed by atoms with Gasteiger partial charge in [-0.25, -0.2) is 0 Å². The molecule has 1 aliphatic heterocycles. The van der Waals surface area contributed by atoms with Crippen molar-refractivity contribution < 1.29 is 4.79 Å². The van der Waals surface area contributed by atoms with E-state index < -0.39 is 5.54 Å². The molecule has 1 fully saturated rings. The Morgan fingerprint density at radius 3 is 2.21 bits per heavy atom. The SMILES string of the molecule is CC(N)(C(=O)N1CCc2ccccc2CC1)C1CC1. The van der Waals surface area contributed by atoms with Gasteiger partial charge < -0.3 is 10.6 Å². The lowest BCUT2D eigenvalue weighted by molar-refractivity contribution is -0.137. The van der Waals surface area contributed by atoms with Crippen LogP contribution in [0, 0.1) is 5.92 Å². The van der Waals surface area contributed by atoms with Gasteiger partial charge >= 0.3 is 0 Å². The fraction of sp³-hybridized carbons (Fsp3) is 0.562. The van der Waals surface area contributed by atoms with E-state index in [0.717, 1.165) is 38.8 Å². The van der Waals surface area contributed by atoms with Crippen LogP contribution in [0.15, 0.2) is 24.3 Å². The van der Waals surface area contributed by atoms with Crippen molar-refractivity contribution in [2.45, 2.75) is 38.1 Å². The highest BCUT2D eigenvalue weighted by molar-refractivity contribution is 5.86. The summed E-state index contributed by atoms with van der Waals surface area (Å²) in [7, 11) is 0. The largest absolute Gasteiger partial charge is 0.340 e. The van der Waals surface area contributed by atoms with E-state index in [9.17, 15) is 4.79 Å². The summed E-state index contributed by atoms with van der Waals surface area (Å²) < 4.78 is 0. The number of carbonyl (C=O) groups excluding carboxylic acids is 1. The molecule has 3 heteroatoms. The Morgan fingerprint density at radius 1 is 1.21 bits per heavy atom. The van der Waals surface area contributed by atoms with Crippen LogP contribution >= 0.6 is 0 Å². The van der Waals surface area contributed by atoms with Gasteiger partial charge in [0.15, 0.2) is 0 Å². The number of rotatable bonds is 2. The first kappa shape index (κ1) is 12.7. The second-order valence-electron chi connectivity index (χ2n) is 6.12. The van der Waals surface area contributed by atoms with Crippen LogP contribution in [-0.4, -0.2) is 29.4 Å². The van der Waals surface area contributed by atoms with Crippen LogP contribution in [0.5, 0.6) is 0 Å². The highest BCUT2D eigenvalue weighted by Gasteiger charge is 2.45. The van der Waals surface area contributed by atoms with Crippen molar-refractivity contribution in [1.29, 1.82) is 0 Å².